The molecule has 2 heterocycles. The zero-order chi connectivity index (χ0) is 13.8. The number of rotatable bonds is 4. The van der Waals surface area contributed by atoms with E-state index >= 15 is 0 Å². The van der Waals surface area contributed by atoms with Crippen LogP contribution in [0.5, 0.6) is 0 Å². The Morgan fingerprint density at radius 1 is 1.10 bits per heavy atom. The summed E-state index contributed by atoms with van der Waals surface area (Å²) in [4.78, 5) is 4.36. The van der Waals surface area contributed by atoms with Gasteiger partial charge in [0, 0.05) is 11.9 Å². The molecule has 0 fully saturated rings. The zero-order valence-electron chi connectivity index (χ0n) is 11.1. The molecule has 0 saturated heterocycles. The van der Waals surface area contributed by atoms with Crippen LogP contribution >= 0.6 is 0 Å². The molecule has 3 aromatic rings. The second kappa shape index (κ2) is 5.48. The van der Waals surface area contributed by atoms with Gasteiger partial charge in [-0.25, -0.2) is 4.68 Å². The van der Waals surface area contributed by atoms with Gasteiger partial charge in [-0.15, -0.1) is 5.10 Å². The van der Waals surface area contributed by atoms with E-state index in [1.54, 1.807) is 11.0 Å². The number of tetrazole rings is 1. The normalized spacial score (nSPS) is 10.4. The third-order valence-corrected chi connectivity index (χ3v) is 2.93. The van der Waals surface area contributed by atoms with E-state index in [2.05, 4.69) is 31.9 Å². The average molecular weight is 266 g/mol. The molecule has 0 aliphatic rings. The van der Waals surface area contributed by atoms with Crippen LogP contribution in [-0.2, 0) is 6.54 Å². The minimum Gasteiger partial charge on any atom is -0.379 e. The van der Waals surface area contributed by atoms with Gasteiger partial charge in [0.25, 0.3) is 0 Å². The van der Waals surface area contributed by atoms with E-state index in [9.17, 15) is 0 Å². The summed E-state index contributed by atoms with van der Waals surface area (Å²) in [5.74, 6) is 0. The van der Waals surface area contributed by atoms with Gasteiger partial charge in [-0.1, -0.05) is 6.07 Å². The average Bonchev–Trinajstić information content (AvgIpc) is 3.01. The number of anilines is 1. The van der Waals surface area contributed by atoms with Crippen molar-refractivity contribution in [2.24, 2.45) is 0 Å². The SMILES string of the molecule is Cc1ccc(CNc2ccc(-n3cnnn3)cc2)nc1. The highest BCUT2D eigenvalue weighted by Crippen LogP contribution is 2.12. The largest absolute Gasteiger partial charge is 0.379 e. The van der Waals surface area contributed by atoms with Crippen LogP contribution in [0.4, 0.5) is 5.69 Å². The molecule has 0 bridgehead atoms. The molecule has 0 aliphatic heterocycles. The summed E-state index contributed by atoms with van der Waals surface area (Å²) in [6.07, 6.45) is 3.44. The third kappa shape index (κ3) is 2.80. The van der Waals surface area contributed by atoms with E-state index in [1.165, 1.54) is 5.56 Å². The van der Waals surface area contributed by atoms with Crippen LogP contribution in [-0.4, -0.2) is 25.2 Å². The van der Waals surface area contributed by atoms with Gasteiger partial charge in [0.1, 0.15) is 6.33 Å². The molecule has 3 rings (SSSR count). The monoisotopic (exact) mass is 266 g/mol. The predicted molar refractivity (Wildman–Crippen MR) is 75.5 cm³/mol. The van der Waals surface area contributed by atoms with Gasteiger partial charge in [-0.3, -0.25) is 4.98 Å². The fourth-order valence-corrected chi connectivity index (χ4v) is 1.81. The molecular formula is C14H14N6. The minimum absolute atomic E-state index is 0.699. The molecule has 1 N–H and O–H groups in total. The van der Waals surface area contributed by atoms with E-state index < -0.39 is 0 Å². The highest BCUT2D eigenvalue weighted by atomic mass is 15.5. The van der Waals surface area contributed by atoms with Crippen molar-refractivity contribution in [3.63, 3.8) is 0 Å². The Kier molecular flexibility index (Phi) is 3.36. The van der Waals surface area contributed by atoms with Gasteiger partial charge in [0.2, 0.25) is 0 Å². The topological polar surface area (TPSA) is 68.5 Å². The van der Waals surface area contributed by atoms with Gasteiger partial charge in [-0.05, 0) is 53.2 Å². The predicted octanol–water partition coefficient (Wildman–Crippen LogP) is 1.98. The number of nitrogens with zero attached hydrogens (tertiary/aromatic N) is 5. The summed E-state index contributed by atoms with van der Waals surface area (Å²) in [7, 11) is 0. The molecular weight excluding hydrogens is 252 g/mol. The van der Waals surface area contributed by atoms with Crippen LogP contribution in [0.15, 0.2) is 48.9 Å². The molecule has 0 spiro atoms. The minimum atomic E-state index is 0.699. The van der Waals surface area contributed by atoms with Crippen LogP contribution in [0.1, 0.15) is 11.3 Å². The van der Waals surface area contributed by atoms with E-state index in [1.807, 2.05) is 43.5 Å². The Morgan fingerprint density at radius 2 is 1.95 bits per heavy atom. The van der Waals surface area contributed by atoms with Crippen LogP contribution in [0, 0.1) is 6.92 Å². The summed E-state index contributed by atoms with van der Waals surface area (Å²) in [6.45, 7) is 2.73. The smallest absolute Gasteiger partial charge is 0.143 e. The standard InChI is InChI=1S/C14H14N6/c1-11-2-3-13(15-8-11)9-16-12-4-6-14(7-5-12)20-10-17-18-19-20/h2-8,10,16H,9H2,1H3. The first-order valence-electron chi connectivity index (χ1n) is 6.30. The van der Waals surface area contributed by atoms with E-state index in [4.69, 9.17) is 0 Å². The Labute approximate surface area is 116 Å². The van der Waals surface area contributed by atoms with Crippen LogP contribution < -0.4 is 5.32 Å². The van der Waals surface area contributed by atoms with E-state index in [0.29, 0.717) is 6.54 Å². The van der Waals surface area contributed by atoms with Gasteiger partial charge in [-0.2, -0.15) is 0 Å². The fraction of sp³-hybridized carbons (Fsp3) is 0.143. The number of nitrogens with one attached hydrogen (secondary N) is 1. The van der Waals surface area contributed by atoms with Gasteiger partial charge < -0.3 is 5.32 Å². The Bertz CT molecular complexity index is 658. The molecule has 6 nitrogen and oxygen atoms in total. The summed E-state index contributed by atoms with van der Waals surface area (Å²) < 4.78 is 1.62. The van der Waals surface area contributed by atoms with Crippen molar-refractivity contribution in [2.75, 3.05) is 5.32 Å². The maximum absolute atomic E-state index is 4.36. The lowest BCUT2D eigenvalue weighted by molar-refractivity contribution is 0.789. The molecule has 0 atom stereocenters. The molecule has 0 radical (unpaired) electrons. The Balaban J connectivity index is 1.65. The second-order valence-corrected chi connectivity index (χ2v) is 4.48. The first-order chi connectivity index (χ1) is 9.81. The highest BCUT2D eigenvalue weighted by molar-refractivity contribution is 5.48. The van der Waals surface area contributed by atoms with Crippen molar-refractivity contribution in [3.8, 4) is 5.69 Å². The van der Waals surface area contributed by atoms with Crippen LogP contribution in [0.2, 0.25) is 0 Å². The summed E-state index contributed by atoms with van der Waals surface area (Å²) >= 11 is 0. The molecule has 0 aliphatic carbocycles. The number of aryl methyl sites for hydroxylation is 1. The molecule has 0 unspecified atom stereocenters. The quantitative estimate of drug-likeness (QED) is 0.782. The molecule has 0 amide bonds. The van der Waals surface area contributed by atoms with Crippen molar-refractivity contribution < 1.29 is 0 Å². The van der Waals surface area contributed by atoms with Crippen molar-refractivity contribution in [1.29, 1.82) is 0 Å². The van der Waals surface area contributed by atoms with Gasteiger partial charge in [0.05, 0.1) is 17.9 Å². The summed E-state index contributed by atoms with van der Waals surface area (Å²) in [6, 6.07) is 12.0. The lowest BCUT2D eigenvalue weighted by Gasteiger charge is -2.07. The molecule has 2 aromatic heterocycles. The first kappa shape index (κ1) is 12.3. The lowest BCUT2D eigenvalue weighted by atomic mass is 10.2. The second-order valence-electron chi connectivity index (χ2n) is 4.48. The molecule has 100 valence electrons. The first-order valence-corrected chi connectivity index (χ1v) is 6.30. The summed E-state index contributed by atoms with van der Waals surface area (Å²) in [5.41, 5.74) is 4.14. The van der Waals surface area contributed by atoms with Crippen LogP contribution in [0.25, 0.3) is 5.69 Å². The van der Waals surface area contributed by atoms with Crippen LogP contribution in [0.3, 0.4) is 0 Å². The van der Waals surface area contributed by atoms with Crippen molar-refractivity contribution >= 4 is 5.69 Å². The number of hydrogen-bond acceptors (Lipinski definition) is 5. The Morgan fingerprint density at radius 3 is 2.60 bits per heavy atom. The molecule has 20 heavy (non-hydrogen) atoms. The Hall–Kier alpha value is -2.76. The number of aromatic nitrogens is 5. The zero-order valence-corrected chi connectivity index (χ0v) is 11.1. The van der Waals surface area contributed by atoms with Crippen molar-refractivity contribution in [1.82, 2.24) is 25.2 Å². The summed E-state index contributed by atoms with van der Waals surface area (Å²) in [5, 5.41) is 14.4. The van der Waals surface area contributed by atoms with Crippen molar-refractivity contribution in [2.45, 2.75) is 13.5 Å². The van der Waals surface area contributed by atoms with E-state index in [-0.39, 0.29) is 0 Å². The van der Waals surface area contributed by atoms with Gasteiger partial charge >= 0.3 is 0 Å². The van der Waals surface area contributed by atoms with E-state index in [0.717, 1.165) is 17.1 Å². The molecule has 6 heteroatoms. The maximum atomic E-state index is 4.36. The fourth-order valence-electron chi connectivity index (χ4n) is 1.81. The lowest BCUT2D eigenvalue weighted by Crippen LogP contribution is -2.02. The third-order valence-electron chi connectivity index (χ3n) is 2.93. The number of hydrogen-bond donors (Lipinski definition) is 1. The molecule has 1 aromatic carbocycles. The van der Waals surface area contributed by atoms with Crippen molar-refractivity contribution in [3.05, 3.63) is 60.2 Å². The number of pyridine rings is 1. The maximum Gasteiger partial charge on any atom is 0.143 e. The molecule has 0 saturated carbocycles. The number of benzene rings is 1. The highest BCUT2D eigenvalue weighted by Gasteiger charge is 1.99. The van der Waals surface area contributed by atoms with Gasteiger partial charge in [0.15, 0.2) is 0 Å².